The predicted molar refractivity (Wildman–Crippen MR) is 89.2 cm³/mol. The second-order valence-corrected chi connectivity index (χ2v) is 6.71. The zero-order chi connectivity index (χ0) is 16.4. The molecule has 1 amide bonds. The SMILES string of the molecule is CCN1CCN(C(=O)C(C)(C)c2ccc3c(c2)OCCO3)CC1. The number of rotatable bonds is 3. The van der Waals surface area contributed by atoms with Gasteiger partial charge in [-0.15, -0.1) is 0 Å². The molecular weight excluding hydrogens is 292 g/mol. The number of amides is 1. The van der Waals surface area contributed by atoms with E-state index in [0.29, 0.717) is 13.2 Å². The van der Waals surface area contributed by atoms with Gasteiger partial charge in [-0.1, -0.05) is 13.0 Å². The van der Waals surface area contributed by atoms with Crippen LogP contribution in [0.2, 0.25) is 0 Å². The summed E-state index contributed by atoms with van der Waals surface area (Å²) in [7, 11) is 0. The lowest BCUT2D eigenvalue weighted by Crippen LogP contribution is -2.53. The molecule has 0 N–H and O–H groups in total. The Hall–Kier alpha value is -1.75. The molecule has 5 heteroatoms. The minimum absolute atomic E-state index is 0.185. The molecule has 0 bridgehead atoms. The number of carbonyl (C=O) groups excluding carboxylic acids is 1. The Morgan fingerprint density at radius 3 is 2.39 bits per heavy atom. The molecule has 1 saturated heterocycles. The highest BCUT2D eigenvalue weighted by molar-refractivity contribution is 5.87. The Balaban J connectivity index is 1.76. The Bertz CT molecular complexity index is 578. The number of likely N-dealkylation sites (N-methyl/N-ethyl adjacent to an activating group) is 1. The van der Waals surface area contributed by atoms with Gasteiger partial charge in [-0.05, 0) is 38.1 Å². The summed E-state index contributed by atoms with van der Waals surface area (Å²) in [5.74, 6) is 1.69. The molecular formula is C18H26N2O3. The zero-order valence-electron chi connectivity index (χ0n) is 14.3. The van der Waals surface area contributed by atoms with Crippen molar-refractivity contribution < 1.29 is 14.3 Å². The lowest BCUT2D eigenvalue weighted by Gasteiger charge is -2.38. The van der Waals surface area contributed by atoms with E-state index in [2.05, 4.69) is 11.8 Å². The van der Waals surface area contributed by atoms with Gasteiger partial charge in [-0.3, -0.25) is 4.79 Å². The van der Waals surface area contributed by atoms with Crippen molar-refractivity contribution >= 4 is 5.91 Å². The normalized spacial score (nSPS) is 18.8. The fourth-order valence-corrected chi connectivity index (χ4v) is 3.22. The Morgan fingerprint density at radius 1 is 1.09 bits per heavy atom. The molecule has 1 aromatic carbocycles. The van der Waals surface area contributed by atoms with Gasteiger partial charge in [0.05, 0.1) is 5.41 Å². The molecule has 0 aromatic heterocycles. The van der Waals surface area contributed by atoms with Crippen LogP contribution < -0.4 is 9.47 Å². The van der Waals surface area contributed by atoms with Gasteiger partial charge in [-0.2, -0.15) is 0 Å². The third kappa shape index (κ3) is 3.15. The van der Waals surface area contributed by atoms with Gasteiger partial charge < -0.3 is 19.3 Å². The zero-order valence-corrected chi connectivity index (χ0v) is 14.3. The highest BCUT2D eigenvalue weighted by Crippen LogP contribution is 2.36. The third-order valence-corrected chi connectivity index (χ3v) is 4.91. The van der Waals surface area contributed by atoms with Crippen molar-refractivity contribution in [2.45, 2.75) is 26.2 Å². The van der Waals surface area contributed by atoms with Gasteiger partial charge in [0.15, 0.2) is 11.5 Å². The summed E-state index contributed by atoms with van der Waals surface area (Å²) < 4.78 is 11.2. The number of nitrogens with zero attached hydrogens (tertiary/aromatic N) is 2. The first-order chi connectivity index (χ1) is 11.0. The van der Waals surface area contributed by atoms with Gasteiger partial charge in [0.25, 0.3) is 0 Å². The van der Waals surface area contributed by atoms with Gasteiger partial charge in [0, 0.05) is 26.2 Å². The van der Waals surface area contributed by atoms with Crippen molar-refractivity contribution in [3.63, 3.8) is 0 Å². The second-order valence-electron chi connectivity index (χ2n) is 6.71. The van der Waals surface area contributed by atoms with E-state index in [4.69, 9.17) is 9.47 Å². The van der Waals surface area contributed by atoms with E-state index in [0.717, 1.165) is 49.8 Å². The molecule has 5 nitrogen and oxygen atoms in total. The molecule has 23 heavy (non-hydrogen) atoms. The first kappa shape index (κ1) is 16.1. The average molecular weight is 318 g/mol. The minimum Gasteiger partial charge on any atom is -0.486 e. The molecule has 2 aliphatic heterocycles. The first-order valence-corrected chi connectivity index (χ1v) is 8.44. The maximum absolute atomic E-state index is 13.0. The fourth-order valence-electron chi connectivity index (χ4n) is 3.22. The van der Waals surface area contributed by atoms with E-state index in [1.54, 1.807) is 0 Å². The molecule has 2 aliphatic rings. The van der Waals surface area contributed by atoms with E-state index < -0.39 is 5.41 Å². The van der Waals surface area contributed by atoms with Gasteiger partial charge in [0.1, 0.15) is 13.2 Å². The molecule has 126 valence electrons. The van der Waals surface area contributed by atoms with Crippen LogP contribution in [0.25, 0.3) is 0 Å². The van der Waals surface area contributed by atoms with Crippen LogP contribution in [0.15, 0.2) is 18.2 Å². The van der Waals surface area contributed by atoms with Crippen LogP contribution in [0, 0.1) is 0 Å². The number of benzene rings is 1. The molecule has 2 heterocycles. The summed E-state index contributed by atoms with van der Waals surface area (Å²) in [6.07, 6.45) is 0. The standard InChI is InChI=1S/C18H26N2O3/c1-4-19-7-9-20(10-8-19)17(21)18(2,3)14-5-6-15-16(13-14)23-12-11-22-15/h5-6,13H,4,7-12H2,1-3H3. The minimum atomic E-state index is -0.565. The van der Waals surface area contributed by atoms with Gasteiger partial charge in [0.2, 0.25) is 5.91 Å². The summed E-state index contributed by atoms with van der Waals surface area (Å²) in [4.78, 5) is 17.4. The summed E-state index contributed by atoms with van der Waals surface area (Å²) in [5.41, 5.74) is 0.411. The Labute approximate surface area is 138 Å². The molecule has 0 aliphatic carbocycles. The summed E-state index contributed by atoms with van der Waals surface area (Å²) >= 11 is 0. The molecule has 0 atom stereocenters. The smallest absolute Gasteiger partial charge is 0.232 e. The molecule has 0 radical (unpaired) electrons. The summed E-state index contributed by atoms with van der Waals surface area (Å²) in [5, 5.41) is 0. The predicted octanol–water partition coefficient (Wildman–Crippen LogP) is 1.90. The Morgan fingerprint density at radius 2 is 1.74 bits per heavy atom. The van der Waals surface area contributed by atoms with Crippen molar-refractivity contribution in [3.05, 3.63) is 23.8 Å². The number of hydrogen-bond donors (Lipinski definition) is 0. The van der Waals surface area contributed by atoms with Crippen LogP contribution >= 0.6 is 0 Å². The Kier molecular flexibility index (Phi) is 4.48. The van der Waals surface area contributed by atoms with E-state index in [1.165, 1.54) is 0 Å². The largest absolute Gasteiger partial charge is 0.486 e. The molecule has 0 spiro atoms. The highest BCUT2D eigenvalue weighted by Gasteiger charge is 2.35. The van der Waals surface area contributed by atoms with E-state index in [9.17, 15) is 4.79 Å². The quantitative estimate of drug-likeness (QED) is 0.854. The highest BCUT2D eigenvalue weighted by atomic mass is 16.6. The van der Waals surface area contributed by atoms with Gasteiger partial charge >= 0.3 is 0 Å². The van der Waals surface area contributed by atoms with Crippen molar-refractivity contribution in [3.8, 4) is 11.5 Å². The van der Waals surface area contributed by atoms with Crippen LogP contribution in [0.1, 0.15) is 26.3 Å². The van der Waals surface area contributed by atoms with Crippen molar-refractivity contribution in [2.75, 3.05) is 45.9 Å². The van der Waals surface area contributed by atoms with Gasteiger partial charge in [-0.25, -0.2) is 0 Å². The number of carbonyl (C=O) groups is 1. The fraction of sp³-hybridized carbons (Fsp3) is 0.611. The maximum Gasteiger partial charge on any atom is 0.232 e. The van der Waals surface area contributed by atoms with Crippen molar-refractivity contribution in [1.82, 2.24) is 9.80 Å². The van der Waals surface area contributed by atoms with Crippen LogP contribution in [-0.2, 0) is 10.2 Å². The maximum atomic E-state index is 13.0. The topological polar surface area (TPSA) is 42.0 Å². The third-order valence-electron chi connectivity index (χ3n) is 4.91. The number of fused-ring (bicyclic) bond motifs is 1. The van der Waals surface area contributed by atoms with Crippen molar-refractivity contribution in [2.24, 2.45) is 0 Å². The molecule has 1 aromatic rings. The second kappa shape index (κ2) is 6.40. The van der Waals surface area contributed by atoms with E-state index >= 15 is 0 Å². The van der Waals surface area contributed by atoms with E-state index in [1.807, 2.05) is 36.9 Å². The van der Waals surface area contributed by atoms with Crippen LogP contribution in [0.5, 0.6) is 11.5 Å². The lowest BCUT2D eigenvalue weighted by molar-refractivity contribution is -0.138. The van der Waals surface area contributed by atoms with Crippen LogP contribution in [0.4, 0.5) is 0 Å². The number of ether oxygens (including phenoxy) is 2. The number of hydrogen-bond acceptors (Lipinski definition) is 4. The summed E-state index contributed by atoms with van der Waals surface area (Å²) in [6, 6.07) is 5.84. The monoisotopic (exact) mass is 318 g/mol. The first-order valence-electron chi connectivity index (χ1n) is 8.44. The molecule has 3 rings (SSSR count). The van der Waals surface area contributed by atoms with E-state index in [-0.39, 0.29) is 5.91 Å². The van der Waals surface area contributed by atoms with Crippen molar-refractivity contribution in [1.29, 1.82) is 0 Å². The number of piperazine rings is 1. The summed E-state index contributed by atoms with van der Waals surface area (Å²) in [6.45, 7) is 11.9. The van der Waals surface area contributed by atoms with Crippen LogP contribution in [0.3, 0.4) is 0 Å². The average Bonchev–Trinajstić information content (AvgIpc) is 2.60. The molecule has 0 saturated carbocycles. The molecule has 0 unspecified atom stereocenters. The van der Waals surface area contributed by atoms with Crippen LogP contribution in [-0.4, -0.2) is 61.6 Å². The molecule has 1 fully saturated rings. The lowest BCUT2D eigenvalue weighted by atomic mass is 9.82.